The zero-order chi connectivity index (χ0) is 25.0. The van der Waals surface area contributed by atoms with Crippen molar-refractivity contribution in [1.29, 1.82) is 0 Å². The smallest absolute Gasteiger partial charge is 0.322 e. The SMILES string of the molecule is COc1ccccc1NC(=O)N(CC=Cc1ccccc1)CCC(c1ccccc1)c1ccccc1. The van der Waals surface area contributed by atoms with Gasteiger partial charge in [0.1, 0.15) is 5.75 Å². The summed E-state index contributed by atoms with van der Waals surface area (Å²) >= 11 is 0. The number of benzene rings is 4. The summed E-state index contributed by atoms with van der Waals surface area (Å²) in [6.07, 6.45) is 4.89. The molecule has 0 radical (unpaired) electrons. The van der Waals surface area contributed by atoms with E-state index in [9.17, 15) is 4.79 Å². The predicted molar refractivity (Wildman–Crippen MR) is 148 cm³/mol. The summed E-state index contributed by atoms with van der Waals surface area (Å²) in [5.74, 6) is 0.823. The van der Waals surface area contributed by atoms with Gasteiger partial charge >= 0.3 is 6.03 Å². The number of ether oxygens (including phenoxy) is 1. The Kier molecular flexibility index (Phi) is 8.93. The van der Waals surface area contributed by atoms with Crippen LogP contribution in [0.5, 0.6) is 5.75 Å². The van der Waals surface area contributed by atoms with E-state index in [1.807, 2.05) is 65.6 Å². The van der Waals surface area contributed by atoms with Gasteiger partial charge in [0.05, 0.1) is 12.8 Å². The number of carbonyl (C=O) groups is 1. The van der Waals surface area contributed by atoms with Crippen molar-refractivity contribution >= 4 is 17.8 Å². The van der Waals surface area contributed by atoms with Crippen LogP contribution in [-0.4, -0.2) is 31.1 Å². The first-order valence-corrected chi connectivity index (χ1v) is 12.2. The lowest BCUT2D eigenvalue weighted by atomic mass is 9.88. The van der Waals surface area contributed by atoms with Crippen LogP contribution in [0.15, 0.2) is 121 Å². The summed E-state index contributed by atoms with van der Waals surface area (Å²) in [5.41, 5.74) is 4.25. The summed E-state index contributed by atoms with van der Waals surface area (Å²) in [6.45, 7) is 1.08. The van der Waals surface area contributed by atoms with E-state index < -0.39 is 0 Å². The number of para-hydroxylation sites is 2. The fourth-order valence-electron chi connectivity index (χ4n) is 4.28. The molecule has 0 saturated heterocycles. The second-order valence-corrected chi connectivity index (χ2v) is 8.55. The predicted octanol–water partition coefficient (Wildman–Crippen LogP) is 7.46. The zero-order valence-corrected chi connectivity index (χ0v) is 20.6. The van der Waals surface area contributed by atoms with Gasteiger partial charge in [-0.15, -0.1) is 0 Å². The molecule has 4 heteroatoms. The van der Waals surface area contributed by atoms with E-state index in [1.165, 1.54) is 11.1 Å². The molecule has 4 nitrogen and oxygen atoms in total. The van der Waals surface area contributed by atoms with Gasteiger partial charge < -0.3 is 15.0 Å². The van der Waals surface area contributed by atoms with Crippen LogP contribution in [0.2, 0.25) is 0 Å². The number of carbonyl (C=O) groups excluding carboxylic acids is 1. The minimum absolute atomic E-state index is 0.155. The van der Waals surface area contributed by atoms with E-state index >= 15 is 0 Å². The molecule has 0 atom stereocenters. The maximum Gasteiger partial charge on any atom is 0.322 e. The topological polar surface area (TPSA) is 41.6 Å². The van der Waals surface area contributed by atoms with Gasteiger partial charge in [0.25, 0.3) is 0 Å². The molecule has 0 fully saturated rings. The molecule has 0 heterocycles. The summed E-state index contributed by atoms with van der Waals surface area (Å²) in [6, 6.07) is 38.4. The second-order valence-electron chi connectivity index (χ2n) is 8.55. The van der Waals surface area contributed by atoms with Gasteiger partial charge in [-0.1, -0.05) is 115 Å². The van der Waals surface area contributed by atoms with E-state index in [4.69, 9.17) is 4.74 Å². The van der Waals surface area contributed by atoms with E-state index in [0.717, 1.165) is 12.0 Å². The van der Waals surface area contributed by atoms with Crippen molar-refractivity contribution in [2.24, 2.45) is 0 Å². The van der Waals surface area contributed by atoms with E-state index in [2.05, 4.69) is 72.1 Å². The van der Waals surface area contributed by atoms with Crippen LogP contribution in [-0.2, 0) is 0 Å². The van der Waals surface area contributed by atoms with Gasteiger partial charge in [-0.2, -0.15) is 0 Å². The quantitative estimate of drug-likeness (QED) is 0.258. The molecule has 0 aliphatic rings. The van der Waals surface area contributed by atoms with Crippen molar-refractivity contribution in [3.63, 3.8) is 0 Å². The van der Waals surface area contributed by atoms with Crippen molar-refractivity contribution in [3.8, 4) is 5.75 Å². The molecule has 0 bridgehead atoms. The van der Waals surface area contributed by atoms with Gasteiger partial charge in [0.15, 0.2) is 0 Å². The van der Waals surface area contributed by atoms with Gasteiger partial charge in [0.2, 0.25) is 0 Å². The number of rotatable bonds is 10. The average Bonchev–Trinajstić information content (AvgIpc) is 2.94. The number of hydrogen-bond acceptors (Lipinski definition) is 2. The first-order valence-electron chi connectivity index (χ1n) is 12.2. The Hall–Kier alpha value is -4.31. The normalized spacial score (nSPS) is 10.9. The number of amides is 2. The first-order chi connectivity index (χ1) is 17.7. The van der Waals surface area contributed by atoms with Crippen molar-refractivity contribution in [2.75, 3.05) is 25.5 Å². The van der Waals surface area contributed by atoms with Crippen molar-refractivity contribution < 1.29 is 9.53 Å². The molecular weight excluding hydrogens is 444 g/mol. The van der Waals surface area contributed by atoms with Crippen LogP contribution in [0, 0.1) is 0 Å². The third-order valence-corrected chi connectivity index (χ3v) is 6.16. The van der Waals surface area contributed by atoms with Crippen LogP contribution in [0.1, 0.15) is 29.0 Å². The lowest BCUT2D eigenvalue weighted by molar-refractivity contribution is 0.215. The summed E-state index contributed by atoms with van der Waals surface area (Å²) in [4.78, 5) is 15.3. The number of nitrogens with zero attached hydrogens (tertiary/aromatic N) is 1. The molecule has 0 spiro atoms. The third-order valence-electron chi connectivity index (χ3n) is 6.16. The number of methoxy groups -OCH3 is 1. The molecule has 0 aliphatic carbocycles. The zero-order valence-electron chi connectivity index (χ0n) is 20.6. The Balaban J connectivity index is 1.54. The van der Waals surface area contributed by atoms with Crippen molar-refractivity contribution in [2.45, 2.75) is 12.3 Å². The largest absolute Gasteiger partial charge is 0.495 e. The first kappa shape index (κ1) is 24.8. The van der Waals surface area contributed by atoms with Gasteiger partial charge in [0, 0.05) is 19.0 Å². The maximum atomic E-state index is 13.4. The van der Waals surface area contributed by atoms with Crippen LogP contribution < -0.4 is 10.1 Å². The molecule has 4 rings (SSSR count). The Morgan fingerprint density at radius 3 is 1.97 bits per heavy atom. The molecule has 4 aromatic carbocycles. The second kappa shape index (κ2) is 13.0. The number of nitrogens with one attached hydrogen (secondary N) is 1. The molecule has 0 unspecified atom stereocenters. The lowest BCUT2D eigenvalue weighted by Gasteiger charge is -2.26. The van der Waals surface area contributed by atoms with E-state index in [1.54, 1.807) is 7.11 Å². The summed E-state index contributed by atoms with van der Waals surface area (Å²) < 4.78 is 5.43. The average molecular weight is 477 g/mol. The Morgan fingerprint density at radius 2 is 1.36 bits per heavy atom. The monoisotopic (exact) mass is 476 g/mol. The van der Waals surface area contributed by atoms with Crippen LogP contribution in [0.25, 0.3) is 6.08 Å². The number of urea groups is 1. The standard InChI is InChI=1S/C32H32N2O2/c1-36-31-22-12-11-21-30(31)33-32(35)34(24-13-16-26-14-5-2-6-15-26)25-23-29(27-17-7-3-8-18-27)28-19-9-4-10-20-28/h2-22,29H,23-25H2,1H3,(H,33,35). The molecule has 2 amide bonds. The van der Waals surface area contributed by atoms with Gasteiger partial charge in [-0.25, -0.2) is 4.79 Å². The highest BCUT2D eigenvalue weighted by Gasteiger charge is 2.19. The fraction of sp³-hybridized carbons (Fsp3) is 0.156. The molecule has 1 N–H and O–H groups in total. The highest BCUT2D eigenvalue weighted by atomic mass is 16.5. The van der Waals surface area contributed by atoms with Crippen LogP contribution >= 0.6 is 0 Å². The van der Waals surface area contributed by atoms with Gasteiger partial charge in [-0.05, 0) is 35.2 Å². The minimum Gasteiger partial charge on any atom is -0.495 e. The number of anilines is 1. The summed E-state index contributed by atoms with van der Waals surface area (Å²) in [5, 5.41) is 3.04. The van der Waals surface area contributed by atoms with Gasteiger partial charge in [-0.3, -0.25) is 0 Å². The maximum absolute atomic E-state index is 13.4. The number of hydrogen-bond donors (Lipinski definition) is 1. The molecule has 182 valence electrons. The molecule has 0 saturated carbocycles. The Bertz CT molecular complexity index is 1200. The van der Waals surface area contributed by atoms with Crippen molar-refractivity contribution in [3.05, 3.63) is 138 Å². The van der Waals surface area contributed by atoms with Crippen LogP contribution in [0.3, 0.4) is 0 Å². The molecule has 4 aromatic rings. The molecular formula is C32H32N2O2. The lowest BCUT2D eigenvalue weighted by Crippen LogP contribution is -2.36. The van der Waals surface area contributed by atoms with E-state index in [-0.39, 0.29) is 11.9 Å². The van der Waals surface area contributed by atoms with Crippen LogP contribution in [0.4, 0.5) is 10.5 Å². The Labute approximate surface area is 213 Å². The molecule has 36 heavy (non-hydrogen) atoms. The van der Waals surface area contributed by atoms with E-state index in [0.29, 0.717) is 24.5 Å². The highest BCUT2D eigenvalue weighted by molar-refractivity contribution is 5.91. The third kappa shape index (κ3) is 6.86. The molecule has 0 aliphatic heterocycles. The highest BCUT2D eigenvalue weighted by Crippen LogP contribution is 2.29. The molecule has 0 aromatic heterocycles. The summed E-state index contributed by atoms with van der Waals surface area (Å²) in [7, 11) is 1.61. The minimum atomic E-state index is -0.155. The fourth-order valence-corrected chi connectivity index (χ4v) is 4.28. The Morgan fingerprint density at radius 1 is 0.806 bits per heavy atom. The van der Waals surface area contributed by atoms with Crippen molar-refractivity contribution in [1.82, 2.24) is 4.90 Å².